The normalized spacial score (nSPS) is 29.9. The first-order valence-electron chi connectivity index (χ1n) is 6.86. The van der Waals surface area contributed by atoms with Crippen LogP contribution in [-0.4, -0.2) is 57.2 Å². The summed E-state index contributed by atoms with van der Waals surface area (Å²) in [5.41, 5.74) is 0. The highest BCUT2D eigenvalue weighted by molar-refractivity contribution is 5.84. The van der Waals surface area contributed by atoms with Gasteiger partial charge < -0.3 is 4.90 Å². The van der Waals surface area contributed by atoms with Crippen molar-refractivity contribution in [3.8, 4) is 0 Å². The topological polar surface area (TPSA) is 41.4 Å². The van der Waals surface area contributed by atoms with Gasteiger partial charge in [-0.1, -0.05) is 0 Å². The molecular weight excluding hydrogens is 228 g/mol. The van der Waals surface area contributed by atoms with E-state index in [0.717, 1.165) is 26.1 Å². The zero-order valence-corrected chi connectivity index (χ0v) is 10.4. The molecular formula is C13H18N4O. The van der Waals surface area contributed by atoms with Gasteiger partial charge in [0, 0.05) is 38.1 Å². The molecule has 4 rings (SSSR count). The standard InChI is InChI=1S/C13H18N4O/c18-13-12(4-7-16(13)10-2-3-10)15-8-11(9-15)17-6-1-5-14-17/h1,5-6,10-12H,2-4,7-9H2. The number of nitrogens with zero attached hydrogens (tertiary/aromatic N) is 4. The number of likely N-dealkylation sites (tertiary alicyclic amines) is 2. The van der Waals surface area contributed by atoms with Gasteiger partial charge in [0.05, 0.1) is 12.1 Å². The van der Waals surface area contributed by atoms with Crippen LogP contribution in [0, 0.1) is 0 Å². The number of rotatable bonds is 3. The minimum Gasteiger partial charge on any atom is -0.338 e. The minimum absolute atomic E-state index is 0.150. The third-order valence-corrected chi connectivity index (χ3v) is 4.43. The molecule has 3 aliphatic rings. The summed E-state index contributed by atoms with van der Waals surface area (Å²) in [6.07, 6.45) is 7.27. The molecule has 1 aromatic heterocycles. The van der Waals surface area contributed by atoms with Gasteiger partial charge in [-0.25, -0.2) is 0 Å². The summed E-state index contributed by atoms with van der Waals surface area (Å²) in [4.78, 5) is 16.7. The lowest BCUT2D eigenvalue weighted by atomic mass is 10.0. The molecule has 1 atom stereocenters. The van der Waals surface area contributed by atoms with Crippen LogP contribution < -0.4 is 0 Å². The molecule has 0 bridgehead atoms. The van der Waals surface area contributed by atoms with E-state index in [9.17, 15) is 4.79 Å². The Morgan fingerprint density at radius 3 is 2.67 bits per heavy atom. The van der Waals surface area contributed by atoms with E-state index in [2.05, 4.69) is 14.9 Å². The van der Waals surface area contributed by atoms with Crippen LogP contribution in [0.2, 0.25) is 0 Å². The smallest absolute Gasteiger partial charge is 0.240 e. The predicted molar refractivity (Wildman–Crippen MR) is 66.0 cm³/mol. The van der Waals surface area contributed by atoms with Gasteiger partial charge >= 0.3 is 0 Å². The fraction of sp³-hybridized carbons (Fsp3) is 0.692. The molecule has 2 saturated heterocycles. The van der Waals surface area contributed by atoms with Crippen LogP contribution in [0.25, 0.3) is 0 Å². The second kappa shape index (κ2) is 3.82. The molecule has 1 unspecified atom stereocenters. The van der Waals surface area contributed by atoms with E-state index in [-0.39, 0.29) is 6.04 Å². The van der Waals surface area contributed by atoms with Crippen molar-refractivity contribution in [1.82, 2.24) is 19.6 Å². The lowest BCUT2D eigenvalue weighted by molar-refractivity contribution is -0.134. The largest absolute Gasteiger partial charge is 0.338 e. The Hall–Kier alpha value is -1.36. The fourth-order valence-corrected chi connectivity index (χ4v) is 3.18. The number of hydrogen-bond donors (Lipinski definition) is 0. The van der Waals surface area contributed by atoms with Crippen molar-refractivity contribution in [3.63, 3.8) is 0 Å². The first-order valence-corrected chi connectivity index (χ1v) is 6.86. The van der Waals surface area contributed by atoms with Crippen molar-refractivity contribution in [2.24, 2.45) is 0 Å². The highest BCUT2D eigenvalue weighted by Crippen LogP contribution is 2.34. The van der Waals surface area contributed by atoms with Gasteiger partial charge in [0.25, 0.3) is 0 Å². The molecule has 0 spiro atoms. The Bertz CT molecular complexity index is 448. The van der Waals surface area contributed by atoms with Crippen LogP contribution in [0.15, 0.2) is 18.5 Å². The first kappa shape index (κ1) is 10.6. The van der Waals surface area contributed by atoms with E-state index in [4.69, 9.17) is 0 Å². The molecule has 0 radical (unpaired) electrons. The minimum atomic E-state index is 0.150. The van der Waals surface area contributed by atoms with E-state index < -0.39 is 0 Å². The van der Waals surface area contributed by atoms with Crippen molar-refractivity contribution >= 4 is 5.91 Å². The van der Waals surface area contributed by atoms with Crippen LogP contribution in [0.4, 0.5) is 0 Å². The lowest BCUT2D eigenvalue weighted by Gasteiger charge is -2.42. The van der Waals surface area contributed by atoms with E-state index in [1.54, 1.807) is 0 Å². The summed E-state index contributed by atoms with van der Waals surface area (Å²) in [5.74, 6) is 0.372. The van der Waals surface area contributed by atoms with Gasteiger partial charge in [-0.2, -0.15) is 5.10 Å². The van der Waals surface area contributed by atoms with Crippen molar-refractivity contribution in [3.05, 3.63) is 18.5 Å². The highest BCUT2D eigenvalue weighted by Gasteiger charge is 2.45. The molecule has 5 heteroatoms. The van der Waals surface area contributed by atoms with Gasteiger partial charge in [-0.15, -0.1) is 0 Å². The van der Waals surface area contributed by atoms with E-state index in [1.165, 1.54) is 12.8 Å². The number of hydrogen-bond acceptors (Lipinski definition) is 3. The van der Waals surface area contributed by atoms with Crippen molar-refractivity contribution in [2.75, 3.05) is 19.6 Å². The SMILES string of the molecule is O=C1C(N2CC(n3cccn3)C2)CCN1C1CC1. The summed E-state index contributed by atoms with van der Waals surface area (Å²) in [6.45, 7) is 2.91. The molecule has 1 amide bonds. The third-order valence-electron chi connectivity index (χ3n) is 4.43. The summed E-state index contributed by atoms with van der Waals surface area (Å²) in [7, 11) is 0. The molecule has 0 aromatic carbocycles. The van der Waals surface area contributed by atoms with Crippen molar-refractivity contribution in [2.45, 2.75) is 37.4 Å². The summed E-state index contributed by atoms with van der Waals surface area (Å²) < 4.78 is 2.01. The Kier molecular flexibility index (Phi) is 2.24. The average molecular weight is 246 g/mol. The number of aromatic nitrogens is 2. The van der Waals surface area contributed by atoms with Crippen LogP contribution in [-0.2, 0) is 4.79 Å². The number of amides is 1. The number of carbonyl (C=O) groups is 1. The van der Waals surface area contributed by atoms with Crippen molar-refractivity contribution < 1.29 is 4.79 Å². The predicted octanol–water partition coefficient (Wildman–Crippen LogP) is 0.503. The zero-order valence-electron chi connectivity index (χ0n) is 10.4. The molecule has 3 heterocycles. The van der Waals surface area contributed by atoms with Crippen LogP contribution >= 0.6 is 0 Å². The maximum atomic E-state index is 12.3. The van der Waals surface area contributed by atoms with Crippen molar-refractivity contribution in [1.29, 1.82) is 0 Å². The Morgan fingerprint density at radius 1 is 1.17 bits per heavy atom. The molecule has 3 fully saturated rings. The summed E-state index contributed by atoms with van der Waals surface area (Å²) >= 11 is 0. The molecule has 1 aromatic rings. The fourth-order valence-electron chi connectivity index (χ4n) is 3.18. The van der Waals surface area contributed by atoms with Gasteiger partial charge in [0.1, 0.15) is 0 Å². The monoisotopic (exact) mass is 246 g/mol. The third kappa shape index (κ3) is 1.57. The maximum Gasteiger partial charge on any atom is 0.240 e. The Morgan fingerprint density at radius 2 is 2.00 bits per heavy atom. The quantitative estimate of drug-likeness (QED) is 0.780. The van der Waals surface area contributed by atoms with E-state index in [0.29, 0.717) is 18.0 Å². The van der Waals surface area contributed by atoms with Crippen LogP contribution in [0.1, 0.15) is 25.3 Å². The second-order valence-electron chi connectivity index (χ2n) is 5.66. The van der Waals surface area contributed by atoms with Crippen LogP contribution in [0.3, 0.4) is 0 Å². The molecule has 5 nitrogen and oxygen atoms in total. The Balaban J connectivity index is 1.37. The molecule has 96 valence electrons. The van der Waals surface area contributed by atoms with Gasteiger partial charge in [0.15, 0.2) is 0 Å². The first-order chi connectivity index (χ1) is 8.83. The van der Waals surface area contributed by atoms with Crippen LogP contribution in [0.5, 0.6) is 0 Å². The lowest BCUT2D eigenvalue weighted by Crippen LogP contribution is -2.55. The average Bonchev–Trinajstić information content (AvgIpc) is 2.87. The number of carbonyl (C=O) groups excluding carboxylic acids is 1. The maximum absolute atomic E-state index is 12.3. The van der Waals surface area contributed by atoms with E-state index in [1.807, 2.05) is 23.1 Å². The molecule has 18 heavy (non-hydrogen) atoms. The summed E-state index contributed by atoms with van der Waals surface area (Å²) in [6, 6.07) is 3.14. The molecule has 0 N–H and O–H groups in total. The second-order valence-corrected chi connectivity index (χ2v) is 5.66. The Labute approximate surface area is 106 Å². The molecule has 2 aliphatic heterocycles. The zero-order chi connectivity index (χ0) is 12.1. The highest BCUT2D eigenvalue weighted by atomic mass is 16.2. The molecule has 1 saturated carbocycles. The summed E-state index contributed by atoms with van der Waals surface area (Å²) in [5, 5.41) is 4.27. The van der Waals surface area contributed by atoms with Gasteiger partial charge in [-0.3, -0.25) is 14.4 Å². The van der Waals surface area contributed by atoms with E-state index >= 15 is 0 Å². The molecule has 1 aliphatic carbocycles. The van der Waals surface area contributed by atoms with Gasteiger partial charge in [0.2, 0.25) is 5.91 Å². The van der Waals surface area contributed by atoms with Gasteiger partial charge in [-0.05, 0) is 25.3 Å².